The van der Waals surface area contributed by atoms with Gasteiger partial charge in [0.1, 0.15) is 6.10 Å². The molecule has 0 spiro atoms. The van der Waals surface area contributed by atoms with Gasteiger partial charge in [-0.05, 0) is 31.5 Å². The van der Waals surface area contributed by atoms with Crippen LogP contribution in [0.15, 0.2) is 36.9 Å². The molecule has 0 saturated carbocycles. The molecule has 138 valence electrons. The van der Waals surface area contributed by atoms with E-state index in [9.17, 15) is 4.79 Å². The summed E-state index contributed by atoms with van der Waals surface area (Å²) in [5.41, 5.74) is 2.42. The zero-order chi connectivity index (χ0) is 18.1. The highest BCUT2D eigenvalue weighted by molar-refractivity contribution is 5.80. The van der Waals surface area contributed by atoms with E-state index in [0.717, 1.165) is 44.7 Å². The number of nitrogens with one attached hydrogen (secondary N) is 1. The lowest BCUT2D eigenvalue weighted by Crippen LogP contribution is -2.43. The number of hydrogen-bond donors (Lipinski definition) is 1. The summed E-state index contributed by atoms with van der Waals surface area (Å²) in [7, 11) is 2.17. The number of carbonyl (C=O) groups is 1. The van der Waals surface area contributed by atoms with Gasteiger partial charge in [0.2, 0.25) is 5.91 Å². The predicted molar refractivity (Wildman–Crippen MR) is 101 cm³/mol. The monoisotopic (exact) mass is 345 g/mol. The van der Waals surface area contributed by atoms with Gasteiger partial charge in [-0.1, -0.05) is 30.3 Å². The van der Waals surface area contributed by atoms with Crippen molar-refractivity contribution >= 4 is 5.91 Å². The number of amides is 1. The summed E-state index contributed by atoms with van der Waals surface area (Å²) in [6, 6.07) is 8.46. The topological polar surface area (TPSA) is 44.8 Å². The van der Waals surface area contributed by atoms with Gasteiger partial charge in [0.25, 0.3) is 0 Å². The van der Waals surface area contributed by atoms with Crippen LogP contribution in [0.2, 0.25) is 0 Å². The highest BCUT2D eigenvalue weighted by atomic mass is 16.5. The van der Waals surface area contributed by atoms with Gasteiger partial charge in [-0.25, -0.2) is 0 Å². The Kier molecular flexibility index (Phi) is 8.12. The van der Waals surface area contributed by atoms with E-state index in [0.29, 0.717) is 13.2 Å². The molecule has 5 heteroatoms. The normalized spacial score (nSPS) is 17.2. The minimum absolute atomic E-state index is 0.0754. The molecule has 1 aromatic carbocycles. The molecule has 2 rings (SSSR count). The second-order valence-electron chi connectivity index (χ2n) is 6.71. The standard InChI is InChI=1S/C20H31N3O2/c1-4-5-13-25-17(2)20(24)21-15-18-7-6-8-19(14-18)16-23-11-9-22(3)10-12-23/h4,6-8,14,17H,1,5,9-13,15-16H2,2-3H3,(H,21,24)/t17-/m1/s1. The van der Waals surface area contributed by atoms with E-state index in [1.807, 2.05) is 0 Å². The number of rotatable bonds is 9. The van der Waals surface area contributed by atoms with Gasteiger partial charge in [0, 0.05) is 39.3 Å². The van der Waals surface area contributed by atoms with Crippen molar-refractivity contribution in [2.45, 2.75) is 32.5 Å². The molecule has 0 radical (unpaired) electrons. The van der Waals surface area contributed by atoms with Crippen molar-refractivity contribution in [1.29, 1.82) is 0 Å². The van der Waals surface area contributed by atoms with E-state index in [4.69, 9.17) is 4.74 Å². The van der Waals surface area contributed by atoms with Gasteiger partial charge in [0.05, 0.1) is 6.61 Å². The number of nitrogens with zero attached hydrogens (tertiary/aromatic N) is 2. The third kappa shape index (κ3) is 6.98. The first-order valence-corrected chi connectivity index (χ1v) is 9.07. The first-order chi connectivity index (χ1) is 12.1. The highest BCUT2D eigenvalue weighted by Gasteiger charge is 2.15. The van der Waals surface area contributed by atoms with Crippen molar-refractivity contribution in [3.8, 4) is 0 Å². The number of hydrogen-bond acceptors (Lipinski definition) is 4. The Balaban J connectivity index is 1.78. The fourth-order valence-electron chi connectivity index (χ4n) is 2.84. The van der Waals surface area contributed by atoms with E-state index in [1.54, 1.807) is 13.0 Å². The number of ether oxygens (including phenoxy) is 1. The first-order valence-electron chi connectivity index (χ1n) is 9.07. The van der Waals surface area contributed by atoms with Crippen LogP contribution in [0.5, 0.6) is 0 Å². The van der Waals surface area contributed by atoms with Gasteiger partial charge in [-0.2, -0.15) is 0 Å². The summed E-state index contributed by atoms with van der Waals surface area (Å²) in [6.07, 6.45) is 2.11. The lowest BCUT2D eigenvalue weighted by molar-refractivity contribution is -0.131. The van der Waals surface area contributed by atoms with Crippen molar-refractivity contribution in [2.75, 3.05) is 39.8 Å². The van der Waals surface area contributed by atoms with Gasteiger partial charge in [0.15, 0.2) is 0 Å². The Labute approximate surface area is 151 Å². The van der Waals surface area contributed by atoms with Crippen LogP contribution in [-0.2, 0) is 22.6 Å². The Morgan fingerprint density at radius 3 is 2.76 bits per heavy atom. The maximum Gasteiger partial charge on any atom is 0.249 e. The average molecular weight is 345 g/mol. The Hall–Kier alpha value is -1.69. The third-order valence-electron chi connectivity index (χ3n) is 4.52. The number of carbonyl (C=O) groups excluding carboxylic acids is 1. The van der Waals surface area contributed by atoms with Crippen LogP contribution >= 0.6 is 0 Å². The maximum absolute atomic E-state index is 12.1. The molecule has 1 heterocycles. The van der Waals surface area contributed by atoms with Crippen LogP contribution in [-0.4, -0.2) is 61.6 Å². The summed E-state index contributed by atoms with van der Waals surface area (Å²) in [6.45, 7) is 11.9. The van der Waals surface area contributed by atoms with Crippen LogP contribution in [0.3, 0.4) is 0 Å². The van der Waals surface area contributed by atoms with Crippen molar-refractivity contribution in [1.82, 2.24) is 15.1 Å². The van der Waals surface area contributed by atoms with Crippen molar-refractivity contribution in [3.05, 3.63) is 48.0 Å². The number of likely N-dealkylation sites (N-methyl/N-ethyl adjacent to an activating group) is 1. The molecule has 1 saturated heterocycles. The molecule has 1 aliphatic rings. The lowest BCUT2D eigenvalue weighted by Gasteiger charge is -2.32. The smallest absolute Gasteiger partial charge is 0.249 e. The predicted octanol–water partition coefficient (Wildman–Crippen LogP) is 2.03. The molecule has 0 unspecified atom stereocenters. The second kappa shape index (κ2) is 10.3. The zero-order valence-electron chi connectivity index (χ0n) is 15.5. The molecule has 5 nitrogen and oxygen atoms in total. The molecule has 25 heavy (non-hydrogen) atoms. The van der Waals surface area contributed by atoms with Crippen molar-refractivity contribution in [2.24, 2.45) is 0 Å². The maximum atomic E-state index is 12.1. The summed E-state index contributed by atoms with van der Waals surface area (Å²) in [5, 5.41) is 2.95. The minimum atomic E-state index is -0.437. The molecule has 1 N–H and O–H groups in total. The van der Waals surface area contributed by atoms with Gasteiger partial charge < -0.3 is 15.0 Å². The molecule has 1 aromatic rings. The van der Waals surface area contributed by atoms with E-state index >= 15 is 0 Å². The fraction of sp³-hybridized carbons (Fsp3) is 0.550. The molecule has 1 atom stereocenters. The molecular formula is C20H31N3O2. The first kappa shape index (κ1) is 19.6. The van der Waals surface area contributed by atoms with E-state index in [-0.39, 0.29) is 5.91 Å². The number of piperazine rings is 1. The van der Waals surface area contributed by atoms with Gasteiger partial charge >= 0.3 is 0 Å². The molecular weight excluding hydrogens is 314 g/mol. The van der Waals surface area contributed by atoms with Crippen LogP contribution in [0.1, 0.15) is 24.5 Å². The van der Waals surface area contributed by atoms with E-state index in [2.05, 4.69) is 53.0 Å². The molecule has 1 aliphatic heterocycles. The molecule has 0 bridgehead atoms. The van der Waals surface area contributed by atoms with Crippen LogP contribution in [0.4, 0.5) is 0 Å². The van der Waals surface area contributed by atoms with Gasteiger partial charge in [-0.3, -0.25) is 9.69 Å². The Bertz CT molecular complexity index is 554. The summed E-state index contributed by atoms with van der Waals surface area (Å²) in [5.74, 6) is -0.0754. The lowest BCUT2D eigenvalue weighted by atomic mass is 10.1. The Morgan fingerprint density at radius 2 is 2.04 bits per heavy atom. The van der Waals surface area contributed by atoms with Crippen molar-refractivity contribution < 1.29 is 9.53 Å². The van der Waals surface area contributed by atoms with Gasteiger partial charge in [-0.15, -0.1) is 6.58 Å². The summed E-state index contributed by atoms with van der Waals surface area (Å²) >= 11 is 0. The Morgan fingerprint density at radius 1 is 1.32 bits per heavy atom. The quantitative estimate of drug-likeness (QED) is 0.549. The molecule has 1 fully saturated rings. The van der Waals surface area contributed by atoms with Crippen LogP contribution in [0, 0.1) is 0 Å². The van der Waals surface area contributed by atoms with Crippen LogP contribution in [0.25, 0.3) is 0 Å². The molecule has 0 aromatic heterocycles. The average Bonchev–Trinajstić information content (AvgIpc) is 2.62. The number of benzene rings is 1. The third-order valence-corrected chi connectivity index (χ3v) is 4.52. The summed E-state index contributed by atoms with van der Waals surface area (Å²) in [4.78, 5) is 16.9. The SMILES string of the molecule is C=CCCO[C@H](C)C(=O)NCc1cccc(CN2CCN(C)CC2)c1. The molecule has 1 amide bonds. The van der Waals surface area contributed by atoms with Crippen LogP contribution < -0.4 is 5.32 Å². The molecule has 0 aliphatic carbocycles. The van der Waals surface area contributed by atoms with E-state index < -0.39 is 6.10 Å². The van der Waals surface area contributed by atoms with E-state index in [1.165, 1.54) is 5.56 Å². The summed E-state index contributed by atoms with van der Waals surface area (Å²) < 4.78 is 5.47. The zero-order valence-corrected chi connectivity index (χ0v) is 15.5. The largest absolute Gasteiger partial charge is 0.368 e. The fourth-order valence-corrected chi connectivity index (χ4v) is 2.84. The second-order valence-corrected chi connectivity index (χ2v) is 6.71. The highest BCUT2D eigenvalue weighted by Crippen LogP contribution is 2.10. The minimum Gasteiger partial charge on any atom is -0.368 e. The van der Waals surface area contributed by atoms with Crippen molar-refractivity contribution in [3.63, 3.8) is 0 Å².